The van der Waals surface area contributed by atoms with Crippen LogP contribution in [0.25, 0.3) is 10.8 Å². The van der Waals surface area contributed by atoms with Gasteiger partial charge in [0, 0.05) is 12.4 Å². The summed E-state index contributed by atoms with van der Waals surface area (Å²) in [5.74, 6) is 0. The Labute approximate surface area is 88.2 Å². The fourth-order valence-corrected chi connectivity index (χ4v) is 1.35. The number of hydrogen-bond acceptors (Lipinski definition) is 0. The molecule has 0 bridgehead atoms. The highest BCUT2D eigenvalue weighted by atomic mass is 14.6. The standard InChI is InChI=1S/C8H7N.C2H9B3/c1-2-4-8-6-9-5-7(8)3-1;1-4-2-5-3/h1-6,9H;4-5H,2-3H2,1H3. The van der Waals surface area contributed by atoms with Crippen LogP contribution in [-0.2, 0) is 0 Å². The summed E-state index contributed by atoms with van der Waals surface area (Å²) in [7, 11) is 4.90. The Morgan fingerprint density at radius 2 is 1.79 bits per heavy atom. The third kappa shape index (κ3) is 3.37. The van der Waals surface area contributed by atoms with Crippen molar-refractivity contribution in [2.75, 3.05) is 0 Å². The van der Waals surface area contributed by atoms with E-state index >= 15 is 0 Å². The monoisotopic (exact) mass is 183 g/mol. The lowest BCUT2D eigenvalue weighted by molar-refractivity contribution is 1.43. The van der Waals surface area contributed by atoms with Gasteiger partial charge < -0.3 is 4.98 Å². The highest BCUT2D eigenvalue weighted by Crippen LogP contribution is 2.10. The van der Waals surface area contributed by atoms with E-state index < -0.39 is 0 Å². The van der Waals surface area contributed by atoms with Crippen molar-refractivity contribution in [2.45, 2.75) is 13.0 Å². The molecule has 2 rings (SSSR count). The number of aromatic nitrogens is 1. The molecule has 1 nitrogen and oxygen atoms in total. The number of nitrogens with one attached hydrogen (secondary N) is 1. The van der Waals surface area contributed by atoms with Crippen molar-refractivity contribution >= 4 is 33.0 Å². The lowest BCUT2D eigenvalue weighted by atomic mass is 9.44. The largest absolute Gasteiger partial charge is 0.366 e. The van der Waals surface area contributed by atoms with Crippen LogP contribution in [0, 0.1) is 0 Å². The summed E-state index contributed by atoms with van der Waals surface area (Å²) in [6, 6.07) is 8.25. The van der Waals surface area contributed by atoms with E-state index in [1.54, 1.807) is 0 Å². The SMILES string of the molecule is BBCBC.c1ccc2c[nH]cc2c1. The van der Waals surface area contributed by atoms with Gasteiger partial charge in [0.05, 0.1) is 14.9 Å². The van der Waals surface area contributed by atoms with Gasteiger partial charge in [0.25, 0.3) is 0 Å². The first-order valence-corrected chi connectivity index (χ1v) is 5.40. The van der Waals surface area contributed by atoms with Gasteiger partial charge in [-0.25, -0.2) is 0 Å². The van der Waals surface area contributed by atoms with Crippen LogP contribution in [0.3, 0.4) is 0 Å². The quantitative estimate of drug-likeness (QED) is 0.668. The van der Waals surface area contributed by atoms with Crippen molar-refractivity contribution in [2.24, 2.45) is 0 Å². The van der Waals surface area contributed by atoms with E-state index in [9.17, 15) is 0 Å². The van der Waals surface area contributed by atoms with Crippen molar-refractivity contribution in [3.8, 4) is 0 Å². The van der Waals surface area contributed by atoms with Gasteiger partial charge >= 0.3 is 0 Å². The van der Waals surface area contributed by atoms with Gasteiger partial charge in [-0.1, -0.05) is 31.1 Å². The van der Waals surface area contributed by atoms with E-state index in [0.29, 0.717) is 0 Å². The molecule has 1 aromatic heterocycles. The van der Waals surface area contributed by atoms with Gasteiger partial charge in [0.15, 0.2) is 0 Å². The number of H-pyrrole nitrogens is 1. The van der Waals surface area contributed by atoms with Crippen LogP contribution in [0.4, 0.5) is 0 Å². The van der Waals surface area contributed by atoms with E-state index in [4.69, 9.17) is 0 Å². The van der Waals surface area contributed by atoms with Gasteiger partial charge in [0.2, 0.25) is 0 Å². The molecular formula is C10H16B3N. The number of aromatic amines is 1. The molecule has 1 aromatic carbocycles. The maximum atomic E-state index is 3.04. The van der Waals surface area contributed by atoms with Crippen LogP contribution in [0.5, 0.6) is 0 Å². The smallest absolute Gasteiger partial charge is 0.109 e. The zero-order valence-corrected chi connectivity index (χ0v) is 9.09. The number of benzene rings is 1. The van der Waals surface area contributed by atoms with E-state index in [2.05, 4.69) is 31.7 Å². The maximum absolute atomic E-state index is 3.04. The Morgan fingerprint density at radius 3 is 2.14 bits per heavy atom. The third-order valence-corrected chi connectivity index (χ3v) is 2.18. The van der Waals surface area contributed by atoms with Crippen LogP contribution < -0.4 is 0 Å². The van der Waals surface area contributed by atoms with E-state index in [1.165, 1.54) is 31.4 Å². The summed E-state index contributed by atoms with van der Waals surface area (Å²) in [6.45, 7) is 2.21. The molecule has 4 heteroatoms. The van der Waals surface area contributed by atoms with E-state index in [1.807, 2.05) is 24.5 Å². The molecule has 70 valence electrons. The molecule has 14 heavy (non-hydrogen) atoms. The molecule has 0 atom stereocenters. The second kappa shape index (κ2) is 6.41. The number of fused-ring (bicyclic) bond motifs is 1. The molecule has 0 amide bonds. The second-order valence-electron chi connectivity index (χ2n) is 3.44. The third-order valence-electron chi connectivity index (χ3n) is 2.18. The first kappa shape index (κ1) is 11.0. The fraction of sp³-hybridized carbons (Fsp3) is 0.200. The summed E-state index contributed by atoms with van der Waals surface area (Å²) in [4.78, 5) is 3.04. The van der Waals surface area contributed by atoms with E-state index in [0.717, 1.165) is 0 Å². The lowest BCUT2D eigenvalue weighted by Crippen LogP contribution is -1.90. The lowest BCUT2D eigenvalue weighted by Gasteiger charge is -1.81. The van der Waals surface area contributed by atoms with Crippen LogP contribution in [0.2, 0.25) is 13.0 Å². The van der Waals surface area contributed by atoms with Gasteiger partial charge in [-0.3, -0.25) is 0 Å². The number of rotatable bonds is 2. The van der Waals surface area contributed by atoms with Gasteiger partial charge in [-0.2, -0.15) is 0 Å². The zero-order valence-electron chi connectivity index (χ0n) is 9.09. The molecule has 0 aliphatic rings. The summed E-state index contributed by atoms with van der Waals surface area (Å²) < 4.78 is 0. The Kier molecular flexibility index (Phi) is 5.05. The van der Waals surface area contributed by atoms with Crippen LogP contribution in [0.15, 0.2) is 36.7 Å². The highest BCUT2D eigenvalue weighted by molar-refractivity contribution is 6.93. The van der Waals surface area contributed by atoms with Crippen molar-refractivity contribution in [1.29, 1.82) is 0 Å². The summed E-state index contributed by atoms with van der Waals surface area (Å²) in [6.07, 6.45) is 5.38. The molecule has 0 unspecified atom stereocenters. The van der Waals surface area contributed by atoms with Gasteiger partial charge in [-0.05, 0) is 10.8 Å². The minimum Gasteiger partial charge on any atom is -0.366 e. The number of hydrogen-bond donors (Lipinski definition) is 1. The first-order chi connectivity index (χ1) is 6.88. The highest BCUT2D eigenvalue weighted by Gasteiger charge is 1.86. The average Bonchev–Trinajstić information content (AvgIpc) is 2.67. The van der Waals surface area contributed by atoms with Gasteiger partial charge in [-0.15, -0.1) is 6.22 Å². The Hall–Kier alpha value is -1.05. The molecule has 0 spiro atoms. The van der Waals surface area contributed by atoms with Gasteiger partial charge in [0.1, 0.15) is 7.28 Å². The van der Waals surface area contributed by atoms with E-state index in [-0.39, 0.29) is 0 Å². The average molecular weight is 183 g/mol. The minimum absolute atomic E-state index is 1.28. The molecule has 0 aliphatic carbocycles. The minimum atomic E-state index is 1.28. The molecule has 1 heterocycles. The summed E-state index contributed by atoms with van der Waals surface area (Å²) >= 11 is 0. The molecule has 0 aliphatic heterocycles. The van der Waals surface area contributed by atoms with Crippen molar-refractivity contribution in [1.82, 2.24) is 4.98 Å². The zero-order chi connectivity index (χ0) is 10.2. The van der Waals surface area contributed by atoms with Crippen LogP contribution >= 0.6 is 0 Å². The first-order valence-electron chi connectivity index (χ1n) is 5.40. The predicted octanol–water partition coefficient (Wildman–Crippen LogP) is 0.999. The molecular weight excluding hydrogens is 167 g/mol. The molecule has 2 aromatic rings. The molecule has 0 radical (unpaired) electrons. The summed E-state index contributed by atoms with van der Waals surface area (Å²) in [5, 5.41) is 2.55. The van der Waals surface area contributed by atoms with Crippen molar-refractivity contribution < 1.29 is 0 Å². The summed E-state index contributed by atoms with van der Waals surface area (Å²) in [5.41, 5.74) is 0. The van der Waals surface area contributed by atoms with Crippen molar-refractivity contribution in [3.05, 3.63) is 36.7 Å². The topological polar surface area (TPSA) is 15.8 Å². The fourth-order valence-electron chi connectivity index (χ4n) is 1.35. The molecule has 0 saturated carbocycles. The Morgan fingerprint density at radius 1 is 1.21 bits per heavy atom. The Bertz CT molecular complexity index is 327. The maximum Gasteiger partial charge on any atom is 0.109 e. The molecule has 1 N–H and O–H groups in total. The van der Waals surface area contributed by atoms with Crippen LogP contribution in [0.1, 0.15) is 0 Å². The predicted molar refractivity (Wildman–Crippen MR) is 71.8 cm³/mol. The van der Waals surface area contributed by atoms with Crippen molar-refractivity contribution in [3.63, 3.8) is 0 Å². The molecule has 0 saturated heterocycles. The Balaban J connectivity index is 0.000000171. The van der Waals surface area contributed by atoms with Crippen LogP contribution in [-0.4, -0.2) is 27.2 Å². The molecule has 0 fully saturated rings. The normalized spacial score (nSPS) is 8.93. The second-order valence-corrected chi connectivity index (χ2v) is 3.44.